The molecule has 1 fully saturated rings. The molecule has 148 valence electrons. The fraction of sp³-hybridized carbons (Fsp3) is 0.421. The molecule has 1 aliphatic rings. The van der Waals surface area contributed by atoms with E-state index in [9.17, 15) is 9.18 Å². The van der Waals surface area contributed by atoms with E-state index in [1.54, 1.807) is 4.52 Å². The van der Waals surface area contributed by atoms with Crippen molar-refractivity contribution in [2.75, 3.05) is 26.0 Å². The Morgan fingerprint density at radius 1 is 1.43 bits per heavy atom. The molecule has 1 aliphatic carbocycles. The third-order valence-electron chi connectivity index (χ3n) is 4.90. The Bertz CT molecular complexity index is 978. The third-order valence-corrected chi connectivity index (χ3v) is 5.86. The predicted octanol–water partition coefficient (Wildman–Crippen LogP) is 2.57. The molecule has 0 bridgehead atoms. The number of amides is 1. The van der Waals surface area contributed by atoms with Gasteiger partial charge in [0.1, 0.15) is 17.5 Å². The second kappa shape index (κ2) is 7.48. The molecule has 3 heterocycles. The summed E-state index contributed by atoms with van der Waals surface area (Å²) in [6.07, 6.45) is 3.98. The third kappa shape index (κ3) is 3.85. The zero-order chi connectivity index (χ0) is 19.7. The molecule has 0 atom stereocenters. The standard InChI is InChI=1S/C19H23FN6OS/c1-25(2)10-13-5-7-28-16(13)18(27)21-11-19(20)8-14(9-19)24-17-15-4-3-6-26(15)23-12-22-17/h3-7,12,14H,8-11H2,1-2H3,(H,21,27)(H,22,23,24). The van der Waals surface area contributed by atoms with Crippen molar-refractivity contribution in [3.05, 3.63) is 46.5 Å². The molecular formula is C19H23FN6OS. The molecule has 0 aromatic carbocycles. The van der Waals surface area contributed by atoms with Crippen LogP contribution in [-0.2, 0) is 6.54 Å². The highest BCUT2D eigenvalue weighted by molar-refractivity contribution is 7.12. The van der Waals surface area contributed by atoms with Crippen LogP contribution in [0.4, 0.5) is 10.2 Å². The number of rotatable bonds is 7. The van der Waals surface area contributed by atoms with E-state index < -0.39 is 5.67 Å². The van der Waals surface area contributed by atoms with Gasteiger partial charge in [-0.25, -0.2) is 13.9 Å². The first kappa shape index (κ1) is 18.8. The number of carbonyl (C=O) groups excluding carboxylic acids is 1. The van der Waals surface area contributed by atoms with Gasteiger partial charge < -0.3 is 15.5 Å². The Kier molecular flexibility index (Phi) is 5.03. The molecule has 7 nitrogen and oxygen atoms in total. The number of halogens is 1. The second-order valence-corrected chi connectivity index (χ2v) is 8.46. The highest BCUT2D eigenvalue weighted by Gasteiger charge is 2.45. The number of hydrogen-bond donors (Lipinski definition) is 2. The summed E-state index contributed by atoms with van der Waals surface area (Å²) in [6, 6.07) is 5.73. The van der Waals surface area contributed by atoms with E-state index >= 15 is 0 Å². The van der Waals surface area contributed by atoms with E-state index in [4.69, 9.17) is 0 Å². The van der Waals surface area contributed by atoms with E-state index in [2.05, 4.69) is 20.7 Å². The van der Waals surface area contributed by atoms with E-state index in [-0.39, 0.29) is 18.5 Å². The number of hydrogen-bond acceptors (Lipinski definition) is 6. The molecule has 1 amide bonds. The zero-order valence-electron chi connectivity index (χ0n) is 15.9. The number of anilines is 1. The zero-order valence-corrected chi connectivity index (χ0v) is 16.7. The van der Waals surface area contributed by atoms with Gasteiger partial charge in [0.15, 0.2) is 5.82 Å². The van der Waals surface area contributed by atoms with Crippen LogP contribution in [0.15, 0.2) is 36.1 Å². The molecule has 0 spiro atoms. The Hall–Kier alpha value is -2.52. The number of alkyl halides is 1. The van der Waals surface area contributed by atoms with Crippen molar-refractivity contribution in [2.24, 2.45) is 0 Å². The van der Waals surface area contributed by atoms with Gasteiger partial charge in [-0.05, 0) is 43.2 Å². The van der Waals surface area contributed by atoms with E-state index in [0.29, 0.717) is 30.1 Å². The SMILES string of the molecule is CN(C)Cc1ccsc1C(=O)NCC1(F)CC(Nc2ncnn3cccc23)C1. The second-order valence-electron chi connectivity index (χ2n) is 7.54. The van der Waals surface area contributed by atoms with Crippen molar-refractivity contribution in [3.8, 4) is 0 Å². The van der Waals surface area contributed by atoms with Crippen molar-refractivity contribution >= 4 is 28.6 Å². The Morgan fingerprint density at radius 3 is 3.04 bits per heavy atom. The van der Waals surface area contributed by atoms with Crippen molar-refractivity contribution in [3.63, 3.8) is 0 Å². The van der Waals surface area contributed by atoms with Crippen LogP contribution in [0.1, 0.15) is 28.1 Å². The molecule has 0 unspecified atom stereocenters. The van der Waals surface area contributed by atoms with Gasteiger partial charge in [0, 0.05) is 31.6 Å². The van der Waals surface area contributed by atoms with Crippen LogP contribution in [0, 0.1) is 0 Å². The molecule has 28 heavy (non-hydrogen) atoms. The summed E-state index contributed by atoms with van der Waals surface area (Å²) in [5.41, 5.74) is 0.434. The maximum Gasteiger partial charge on any atom is 0.261 e. The largest absolute Gasteiger partial charge is 0.365 e. The van der Waals surface area contributed by atoms with Crippen LogP contribution in [0.2, 0.25) is 0 Å². The molecule has 0 aliphatic heterocycles. The van der Waals surface area contributed by atoms with Crippen molar-refractivity contribution < 1.29 is 9.18 Å². The Labute approximate surface area is 166 Å². The fourth-order valence-corrected chi connectivity index (χ4v) is 4.39. The number of carbonyl (C=O) groups is 1. The topological polar surface area (TPSA) is 74.6 Å². The molecular weight excluding hydrogens is 379 g/mol. The fourth-order valence-electron chi connectivity index (χ4n) is 3.56. The summed E-state index contributed by atoms with van der Waals surface area (Å²) in [7, 11) is 3.91. The summed E-state index contributed by atoms with van der Waals surface area (Å²) in [5, 5.41) is 12.1. The quantitative estimate of drug-likeness (QED) is 0.635. The normalized spacial score (nSPS) is 21.6. The number of nitrogens with one attached hydrogen (secondary N) is 2. The number of nitrogens with zero attached hydrogens (tertiary/aromatic N) is 4. The summed E-state index contributed by atoms with van der Waals surface area (Å²) < 4.78 is 16.7. The summed E-state index contributed by atoms with van der Waals surface area (Å²) in [4.78, 5) is 19.4. The van der Waals surface area contributed by atoms with Gasteiger partial charge in [0.25, 0.3) is 5.91 Å². The van der Waals surface area contributed by atoms with Gasteiger partial charge >= 0.3 is 0 Å². The van der Waals surface area contributed by atoms with Gasteiger partial charge in [-0.3, -0.25) is 4.79 Å². The van der Waals surface area contributed by atoms with Crippen LogP contribution in [-0.4, -0.2) is 57.8 Å². The van der Waals surface area contributed by atoms with E-state index in [1.165, 1.54) is 17.7 Å². The van der Waals surface area contributed by atoms with Crippen LogP contribution >= 0.6 is 11.3 Å². The van der Waals surface area contributed by atoms with Gasteiger partial charge in [0.2, 0.25) is 0 Å². The van der Waals surface area contributed by atoms with Gasteiger partial charge in [-0.2, -0.15) is 5.10 Å². The monoisotopic (exact) mass is 402 g/mol. The first-order chi connectivity index (χ1) is 13.4. The molecule has 3 aromatic heterocycles. The molecule has 3 aromatic rings. The Balaban J connectivity index is 1.31. The van der Waals surface area contributed by atoms with Crippen molar-refractivity contribution in [2.45, 2.75) is 31.1 Å². The number of aromatic nitrogens is 3. The van der Waals surface area contributed by atoms with Crippen LogP contribution < -0.4 is 10.6 Å². The van der Waals surface area contributed by atoms with Crippen LogP contribution in [0.5, 0.6) is 0 Å². The highest BCUT2D eigenvalue weighted by atomic mass is 32.1. The van der Waals surface area contributed by atoms with E-state index in [0.717, 1.165) is 11.1 Å². The van der Waals surface area contributed by atoms with Crippen molar-refractivity contribution in [1.82, 2.24) is 24.8 Å². The lowest BCUT2D eigenvalue weighted by atomic mass is 9.77. The van der Waals surface area contributed by atoms with Gasteiger partial charge in [-0.1, -0.05) is 0 Å². The molecule has 4 rings (SSSR count). The summed E-state index contributed by atoms with van der Waals surface area (Å²) in [5.74, 6) is 0.494. The molecule has 0 saturated heterocycles. The summed E-state index contributed by atoms with van der Waals surface area (Å²) in [6.45, 7) is 0.708. The predicted molar refractivity (Wildman–Crippen MR) is 108 cm³/mol. The lowest BCUT2D eigenvalue weighted by molar-refractivity contribution is 0.0478. The lowest BCUT2D eigenvalue weighted by Crippen LogP contribution is -2.54. The maximum atomic E-state index is 14.9. The van der Waals surface area contributed by atoms with Gasteiger partial charge in [-0.15, -0.1) is 11.3 Å². The average molecular weight is 402 g/mol. The minimum atomic E-state index is -1.39. The van der Waals surface area contributed by atoms with Crippen LogP contribution in [0.25, 0.3) is 5.52 Å². The smallest absolute Gasteiger partial charge is 0.261 e. The number of thiophene rings is 1. The molecule has 0 radical (unpaired) electrons. The molecule has 1 saturated carbocycles. The Morgan fingerprint density at radius 2 is 2.25 bits per heavy atom. The van der Waals surface area contributed by atoms with Crippen LogP contribution in [0.3, 0.4) is 0 Å². The lowest BCUT2D eigenvalue weighted by Gasteiger charge is -2.41. The minimum absolute atomic E-state index is 0.0125. The first-order valence-corrected chi connectivity index (χ1v) is 10.0. The molecule has 9 heteroatoms. The highest BCUT2D eigenvalue weighted by Crippen LogP contribution is 2.38. The maximum absolute atomic E-state index is 14.9. The van der Waals surface area contributed by atoms with Crippen molar-refractivity contribution in [1.29, 1.82) is 0 Å². The minimum Gasteiger partial charge on any atom is -0.365 e. The summed E-state index contributed by atoms with van der Waals surface area (Å²) >= 11 is 1.39. The first-order valence-electron chi connectivity index (χ1n) is 9.17. The van der Waals surface area contributed by atoms with Gasteiger partial charge in [0.05, 0.1) is 11.4 Å². The average Bonchev–Trinajstić information content (AvgIpc) is 3.27. The van der Waals surface area contributed by atoms with E-state index in [1.807, 2.05) is 48.8 Å². The molecule has 2 N–H and O–H groups in total. The number of fused-ring (bicyclic) bond motifs is 1.